The molecule has 8 nitrogen and oxygen atoms in total. The molecule has 3 aromatic rings. The maximum absolute atomic E-state index is 12.8. The molecular formula is C16H14F3N7O. The highest BCUT2D eigenvalue weighted by atomic mass is 19.4. The van der Waals surface area contributed by atoms with Crippen LogP contribution >= 0.6 is 0 Å². The van der Waals surface area contributed by atoms with Gasteiger partial charge in [0.15, 0.2) is 0 Å². The van der Waals surface area contributed by atoms with Crippen molar-refractivity contribution in [3.63, 3.8) is 0 Å². The zero-order chi connectivity index (χ0) is 19.0. The molecule has 1 amide bonds. The smallest absolute Gasteiger partial charge is 0.334 e. The second kappa shape index (κ2) is 6.49. The first-order valence-electron chi connectivity index (χ1n) is 8.11. The maximum Gasteiger partial charge on any atom is 0.416 e. The molecule has 0 spiro atoms. The fourth-order valence-corrected chi connectivity index (χ4v) is 2.83. The average molecular weight is 377 g/mol. The van der Waals surface area contributed by atoms with Crippen LogP contribution in [0.1, 0.15) is 27.7 Å². The van der Waals surface area contributed by atoms with E-state index < -0.39 is 17.6 Å². The Labute approximate surface area is 151 Å². The fourth-order valence-electron chi connectivity index (χ4n) is 2.83. The van der Waals surface area contributed by atoms with Gasteiger partial charge in [-0.25, -0.2) is 4.68 Å². The van der Waals surface area contributed by atoms with Crippen LogP contribution in [0, 0.1) is 0 Å². The van der Waals surface area contributed by atoms with Crippen LogP contribution in [0.4, 0.5) is 13.2 Å². The van der Waals surface area contributed by atoms with Crippen LogP contribution in [0.15, 0.2) is 42.9 Å². The Hall–Kier alpha value is -3.24. The number of carbonyl (C=O) groups excluding carboxylic acids is 1. The lowest BCUT2D eigenvalue weighted by molar-refractivity contribution is -0.137. The van der Waals surface area contributed by atoms with Gasteiger partial charge >= 0.3 is 6.18 Å². The molecule has 11 heteroatoms. The summed E-state index contributed by atoms with van der Waals surface area (Å²) in [5, 5.41) is 16.1. The van der Waals surface area contributed by atoms with E-state index in [-0.39, 0.29) is 11.6 Å². The lowest BCUT2D eigenvalue weighted by Gasteiger charge is -2.38. The van der Waals surface area contributed by atoms with Crippen molar-refractivity contribution in [1.82, 2.24) is 34.9 Å². The summed E-state index contributed by atoms with van der Waals surface area (Å²) < 4.78 is 40.0. The molecule has 1 aromatic carbocycles. The first-order valence-corrected chi connectivity index (χ1v) is 8.11. The van der Waals surface area contributed by atoms with Gasteiger partial charge in [-0.05, 0) is 18.2 Å². The van der Waals surface area contributed by atoms with Crippen molar-refractivity contribution >= 4 is 5.91 Å². The SMILES string of the molecule is O=C(c1cccc(C(F)(F)F)c1)N1CC(n2cc(Cn3nccn3)nn2)C1. The lowest BCUT2D eigenvalue weighted by Crippen LogP contribution is -2.50. The largest absolute Gasteiger partial charge is 0.416 e. The van der Waals surface area contributed by atoms with Crippen LogP contribution in [0.5, 0.6) is 0 Å². The van der Waals surface area contributed by atoms with Crippen LogP contribution in [0.3, 0.4) is 0 Å². The number of rotatable bonds is 4. The van der Waals surface area contributed by atoms with Gasteiger partial charge in [0.2, 0.25) is 0 Å². The second-order valence-electron chi connectivity index (χ2n) is 6.19. The first kappa shape index (κ1) is 17.2. The highest BCUT2D eigenvalue weighted by Crippen LogP contribution is 2.30. The summed E-state index contributed by atoms with van der Waals surface area (Å²) in [4.78, 5) is 15.3. The van der Waals surface area contributed by atoms with Crippen molar-refractivity contribution in [3.05, 3.63) is 59.7 Å². The molecule has 1 saturated heterocycles. The maximum atomic E-state index is 12.8. The fraction of sp³-hybridized carbons (Fsp3) is 0.312. The molecule has 0 N–H and O–H groups in total. The molecule has 0 saturated carbocycles. The Morgan fingerprint density at radius 2 is 1.93 bits per heavy atom. The summed E-state index contributed by atoms with van der Waals surface area (Å²) in [6.45, 7) is 1.10. The van der Waals surface area contributed by atoms with Gasteiger partial charge in [-0.1, -0.05) is 11.3 Å². The molecule has 27 heavy (non-hydrogen) atoms. The van der Waals surface area contributed by atoms with Crippen molar-refractivity contribution in [2.45, 2.75) is 18.8 Å². The van der Waals surface area contributed by atoms with Crippen LogP contribution in [0.2, 0.25) is 0 Å². The quantitative estimate of drug-likeness (QED) is 0.690. The van der Waals surface area contributed by atoms with E-state index >= 15 is 0 Å². The van der Waals surface area contributed by atoms with E-state index in [1.807, 2.05) is 0 Å². The highest BCUT2D eigenvalue weighted by molar-refractivity contribution is 5.95. The van der Waals surface area contributed by atoms with E-state index in [4.69, 9.17) is 0 Å². The van der Waals surface area contributed by atoms with Crippen LogP contribution < -0.4 is 0 Å². The minimum atomic E-state index is -4.48. The highest BCUT2D eigenvalue weighted by Gasteiger charge is 2.35. The lowest BCUT2D eigenvalue weighted by atomic mass is 10.0. The molecule has 0 bridgehead atoms. The Bertz CT molecular complexity index is 945. The number of halogens is 3. The molecular weight excluding hydrogens is 363 g/mol. The third-order valence-corrected chi connectivity index (χ3v) is 4.29. The summed E-state index contributed by atoms with van der Waals surface area (Å²) in [5.41, 5.74) is -0.139. The summed E-state index contributed by atoms with van der Waals surface area (Å²) >= 11 is 0. The van der Waals surface area contributed by atoms with Crippen LogP contribution in [0.25, 0.3) is 0 Å². The summed E-state index contributed by atoms with van der Waals surface area (Å²) in [6, 6.07) is 4.38. The van der Waals surface area contributed by atoms with E-state index in [1.54, 1.807) is 23.3 Å². The predicted molar refractivity (Wildman–Crippen MR) is 85.5 cm³/mol. The summed E-state index contributed by atoms with van der Waals surface area (Å²) in [7, 11) is 0. The van der Waals surface area contributed by atoms with Crippen molar-refractivity contribution in [3.8, 4) is 0 Å². The molecule has 2 aromatic heterocycles. The van der Waals surface area contributed by atoms with Crippen molar-refractivity contribution in [1.29, 1.82) is 0 Å². The van der Waals surface area contributed by atoms with Crippen molar-refractivity contribution in [2.75, 3.05) is 13.1 Å². The van der Waals surface area contributed by atoms with E-state index in [1.165, 1.54) is 21.8 Å². The van der Waals surface area contributed by atoms with E-state index in [2.05, 4.69) is 20.5 Å². The standard InChI is InChI=1S/C16H14F3N7O/c17-16(18,19)12-3-1-2-11(6-12)15(27)24-9-14(10-24)25-7-13(22-23-25)8-26-20-4-5-21-26/h1-7,14H,8-10H2. The Kier molecular flexibility index (Phi) is 4.13. The van der Waals surface area contributed by atoms with Gasteiger partial charge in [-0.3, -0.25) is 4.79 Å². The molecule has 1 aliphatic heterocycles. The third kappa shape index (κ3) is 3.52. The van der Waals surface area contributed by atoms with E-state index in [0.717, 1.165) is 12.1 Å². The molecule has 1 aliphatic rings. The van der Waals surface area contributed by atoms with Gasteiger partial charge in [0.1, 0.15) is 12.2 Å². The summed E-state index contributed by atoms with van der Waals surface area (Å²) in [6.07, 6.45) is 0.399. The number of nitrogens with zero attached hydrogens (tertiary/aromatic N) is 7. The van der Waals surface area contributed by atoms with E-state index in [0.29, 0.717) is 25.3 Å². The number of carbonyl (C=O) groups is 1. The molecule has 4 rings (SSSR count). The molecule has 3 heterocycles. The topological polar surface area (TPSA) is 81.7 Å². The van der Waals surface area contributed by atoms with Gasteiger partial charge in [0.25, 0.3) is 5.91 Å². The van der Waals surface area contributed by atoms with Gasteiger partial charge in [-0.15, -0.1) is 5.10 Å². The van der Waals surface area contributed by atoms with Gasteiger partial charge in [-0.2, -0.15) is 28.2 Å². The zero-order valence-electron chi connectivity index (χ0n) is 13.9. The Morgan fingerprint density at radius 3 is 2.63 bits per heavy atom. The van der Waals surface area contributed by atoms with Crippen LogP contribution in [-0.4, -0.2) is 53.9 Å². The van der Waals surface area contributed by atoms with Crippen LogP contribution in [-0.2, 0) is 12.7 Å². The number of benzene rings is 1. The monoisotopic (exact) mass is 377 g/mol. The normalized spacial score (nSPS) is 15.0. The number of likely N-dealkylation sites (tertiary alicyclic amines) is 1. The third-order valence-electron chi connectivity index (χ3n) is 4.29. The minimum Gasteiger partial charge on any atom is -0.334 e. The molecule has 0 aliphatic carbocycles. The average Bonchev–Trinajstić information content (AvgIpc) is 3.25. The molecule has 0 unspecified atom stereocenters. The predicted octanol–water partition coefficient (Wildman–Crippen LogP) is 1.63. The van der Waals surface area contributed by atoms with Crippen molar-refractivity contribution in [2.24, 2.45) is 0 Å². The Morgan fingerprint density at radius 1 is 1.19 bits per heavy atom. The van der Waals surface area contributed by atoms with Crippen molar-refractivity contribution < 1.29 is 18.0 Å². The molecule has 140 valence electrons. The molecule has 0 radical (unpaired) electrons. The molecule has 0 atom stereocenters. The number of amides is 1. The first-order chi connectivity index (χ1) is 12.9. The van der Waals surface area contributed by atoms with Gasteiger partial charge < -0.3 is 4.90 Å². The zero-order valence-corrected chi connectivity index (χ0v) is 13.9. The summed E-state index contributed by atoms with van der Waals surface area (Å²) in [5.74, 6) is -0.432. The van der Waals surface area contributed by atoms with Gasteiger partial charge in [0, 0.05) is 18.7 Å². The van der Waals surface area contributed by atoms with Gasteiger partial charge in [0.05, 0.1) is 30.2 Å². The number of hydrogen-bond acceptors (Lipinski definition) is 5. The number of aromatic nitrogens is 6. The Balaban J connectivity index is 1.38. The minimum absolute atomic E-state index is 0.0207. The number of alkyl halides is 3. The van der Waals surface area contributed by atoms with E-state index in [9.17, 15) is 18.0 Å². The number of hydrogen-bond donors (Lipinski definition) is 0. The molecule has 1 fully saturated rings. The second-order valence-corrected chi connectivity index (χ2v) is 6.19.